The number of carbonyl (C=O) groups is 2. The van der Waals surface area contributed by atoms with Crippen LogP contribution in [0.15, 0.2) is 96.1 Å². The molecule has 3 aromatic carbocycles. The van der Waals surface area contributed by atoms with E-state index in [4.69, 9.17) is 37.9 Å². The molecule has 10 atom stereocenters. The van der Waals surface area contributed by atoms with Crippen molar-refractivity contribution in [3.63, 3.8) is 0 Å². The molecule has 2 heterocycles. The highest BCUT2D eigenvalue weighted by Crippen LogP contribution is 2.37. The van der Waals surface area contributed by atoms with Gasteiger partial charge in [-0.2, -0.15) is 0 Å². The van der Waals surface area contributed by atoms with Gasteiger partial charge >= 0.3 is 11.9 Å². The van der Waals surface area contributed by atoms with Gasteiger partial charge in [0.05, 0.1) is 38.1 Å². The molecule has 0 radical (unpaired) electrons. The molecule has 0 bridgehead atoms. The van der Waals surface area contributed by atoms with E-state index < -0.39 is 61.1 Å². The first kappa shape index (κ1) is 42.8. The lowest BCUT2D eigenvalue weighted by Gasteiger charge is -2.48. The van der Waals surface area contributed by atoms with Gasteiger partial charge in [0, 0.05) is 17.4 Å². The summed E-state index contributed by atoms with van der Waals surface area (Å²) in [5.74, 6) is -1.60. The second-order valence-corrected chi connectivity index (χ2v) is 14.1. The zero-order valence-electron chi connectivity index (χ0n) is 32.7. The average Bonchev–Trinajstić information content (AvgIpc) is 3.23. The van der Waals surface area contributed by atoms with E-state index in [9.17, 15) is 15.1 Å². The predicted molar refractivity (Wildman–Crippen MR) is 207 cm³/mol. The van der Waals surface area contributed by atoms with Crippen molar-refractivity contribution in [2.24, 2.45) is 11.0 Å². The second-order valence-electron chi connectivity index (χ2n) is 14.1. The number of benzene rings is 3. The molecule has 5 rings (SSSR count). The summed E-state index contributed by atoms with van der Waals surface area (Å²) < 4.78 is 50.6. The summed E-state index contributed by atoms with van der Waals surface area (Å²) in [6.07, 6.45) is -3.07. The minimum atomic E-state index is -1.42. The number of unbranched alkanes of at least 4 members (excludes halogenated alkanes) is 4. The van der Waals surface area contributed by atoms with Crippen LogP contribution >= 0.6 is 0 Å². The lowest BCUT2D eigenvalue weighted by atomic mass is 9.87. The number of methoxy groups -OCH3 is 1. The lowest BCUT2D eigenvalue weighted by Crippen LogP contribution is -2.65. The summed E-state index contributed by atoms with van der Waals surface area (Å²) in [7, 11) is 1.25. The van der Waals surface area contributed by atoms with Crippen molar-refractivity contribution in [1.29, 1.82) is 0 Å². The van der Waals surface area contributed by atoms with Gasteiger partial charge in [-0.1, -0.05) is 130 Å². The molecule has 0 saturated carbocycles. The van der Waals surface area contributed by atoms with E-state index in [0.717, 1.165) is 43.2 Å². The van der Waals surface area contributed by atoms with Crippen molar-refractivity contribution in [3.8, 4) is 0 Å². The van der Waals surface area contributed by atoms with Gasteiger partial charge in [0.15, 0.2) is 24.8 Å². The Labute approximate surface area is 329 Å². The Balaban J connectivity index is 1.52. The van der Waals surface area contributed by atoms with Crippen molar-refractivity contribution in [3.05, 3.63) is 118 Å². The first-order valence-corrected chi connectivity index (χ1v) is 19.7. The molecule has 2 aliphatic rings. The molecule has 2 aliphatic heterocycles. The standard InChI is InChI=1S/C43H55N3O10/c1-5-7-8-9-19-26-50-43-39(54-40(47)32-24-17-12-18-25-32)36(52-28-31-22-15-11-16-23-31)37(38(56-43)41(48)49-4)55-42-34(45-46-44)35(29(3)33(6-2)53-42)51-27-30-20-13-10-14-21-30/h10-18,20-25,29,33-39,42-43H,5-9,19,26-28H2,1-4H3. The number of carbonyl (C=O) groups excluding carboxylic acids is 2. The van der Waals surface area contributed by atoms with Gasteiger partial charge in [0.25, 0.3) is 0 Å². The molecule has 0 aliphatic carbocycles. The van der Waals surface area contributed by atoms with Crippen LogP contribution in [0.25, 0.3) is 10.4 Å². The summed E-state index contributed by atoms with van der Waals surface area (Å²) >= 11 is 0. The highest BCUT2D eigenvalue weighted by molar-refractivity contribution is 5.89. The largest absolute Gasteiger partial charge is 0.467 e. The van der Waals surface area contributed by atoms with Gasteiger partial charge in [0.2, 0.25) is 0 Å². The van der Waals surface area contributed by atoms with Gasteiger partial charge in [-0.3, -0.25) is 0 Å². The van der Waals surface area contributed by atoms with Crippen molar-refractivity contribution >= 4 is 11.9 Å². The Kier molecular flexibility index (Phi) is 17.1. The quantitative estimate of drug-likeness (QED) is 0.0361. The third kappa shape index (κ3) is 11.6. The van der Waals surface area contributed by atoms with Crippen LogP contribution in [-0.2, 0) is 55.9 Å². The van der Waals surface area contributed by atoms with Crippen LogP contribution in [0.3, 0.4) is 0 Å². The fraction of sp³-hybridized carbons (Fsp3) is 0.535. The molecule has 2 saturated heterocycles. The highest BCUT2D eigenvalue weighted by atomic mass is 16.8. The number of esters is 2. The van der Waals surface area contributed by atoms with Gasteiger partial charge in [-0.05, 0) is 41.6 Å². The molecule has 10 unspecified atom stereocenters. The zero-order valence-corrected chi connectivity index (χ0v) is 32.7. The predicted octanol–water partition coefficient (Wildman–Crippen LogP) is 8.10. The maximum Gasteiger partial charge on any atom is 0.338 e. The Morgan fingerprint density at radius 3 is 1.93 bits per heavy atom. The Morgan fingerprint density at radius 2 is 1.34 bits per heavy atom. The van der Waals surface area contributed by atoms with E-state index in [2.05, 4.69) is 16.9 Å². The fourth-order valence-corrected chi connectivity index (χ4v) is 7.14. The lowest BCUT2D eigenvalue weighted by molar-refractivity contribution is -0.342. The Bertz CT molecular complexity index is 1660. The summed E-state index contributed by atoms with van der Waals surface area (Å²) in [6.45, 7) is 6.70. The van der Waals surface area contributed by atoms with Crippen molar-refractivity contribution < 1.29 is 47.5 Å². The number of hydrogen-bond acceptors (Lipinski definition) is 11. The molecule has 302 valence electrons. The summed E-state index contributed by atoms with van der Waals surface area (Å²) in [5, 5.41) is 4.14. The van der Waals surface area contributed by atoms with Gasteiger partial charge in [-0.25, -0.2) is 9.59 Å². The van der Waals surface area contributed by atoms with Crippen molar-refractivity contribution in [1.82, 2.24) is 0 Å². The van der Waals surface area contributed by atoms with Crippen LogP contribution in [0.4, 0.5) is 0 Å². The van der Waals surface area contributed by atoms with Crippen molar-refractivity contribution in [2.45, 2.75) is 128 Å². The maximum atomic E-state index is 13.8. The average molecular weight is 774 g/mol. The zero-order chi connectivity index (χ0) is 39.7. The summed E-state index contributed by atoms with van der Waals surface area (Å²) in [6, 6.07) is 26.7. The van der Waals surface area contributed by atoms with Crippen LogP contribution < -0.4 is 0 Å². The normalized spacial score (nSPS) is 27.5. The molecule has 2 fully saturated rings. The van der Waals surface area contributed by atoms with E-state index >= 15 is 0 Å². The number of azide groups is 1. The van der Waals surface area contributed by atoms with Gasteiger partial charge in [-0.15, -0.1) is 0 Å². The van der Waals surface area contributed by atoms with E-state index in [-0.39, 0.29) is 31.8 Å². The van der Waals surface area contributed by atoms with E-state index in [0.29, 0.717) is 12.0 Å². The van der Waals surface area contributed by atoms with Crippen LogP contribution in [0.1, 0.15) is 80.8 Å². The van der Waals surface area contributed by atoms with Crippen LogP contribution in [0.2, 0.25) is 0 Å². The smallest absolute Gasteiger partial charge is 0.338 e. The summed E-state index contributed by atoms with van der Waals surface area (Å²) in [5.41, 5.74) is 11.9. The number of ether oxygens (including phenoxy) is 8. The van der Waals surface area contributed by atoms with Crippen LogP contribution in [0.5, 0.6) is 0 Å². The van der Waals surface area contributed by atoms with Crippen molar-refractivity contribution in [2.75, 3.05) is 13.7 Å². The molecular formula is C43H55N3O10. The minimum Gasteiger partial charge on any atom is -0.467 e. The number of rotatable bonds is 20. The molecule has 56 heavy (non-hydrogen) atoms. The topological polar surface area (TPSA) is 157 Å². The Morgan fingerprint density at radius 1 is 0.732 bits per heavy atom. The molecule has 13 nitrogen and oxygen atoms in total. The van der Waals surface area contributed by atoms with E-state index in [1.54, 1.807) is 30.3 Å². The minimum absolute atomic E-state index is 0.0606. The number of hydrogen-bond donors (Lipinski definition) is 0. The fourth-order valence-electron chi connectivity index (χ4n) is 7.14. The van der Waals surface area contributed by atoms with Crippen LogP contribution in [0, 0.1) is 5.92 Å². The first-order valence-electron chi connectivity index (χ1n) is 19.7. The third-order valence-corrected chi connectivity index (χ3v) is 10.2. The molecular weight excluding hydrogens is 718 g/mol. The SMILES string of the molecule is CCCCCCCOC1OC(C(=O)OC)C(OC2OC(CC)C(C)C(OCc3ccccc3)C2N=[N+]=[N-])C(OCc2ccccc2)C1OC(=O)c1ccccc1. The number of nitrogens with zero attached hydrogens (tertiary/aromatic N) is 3. The monoisotopic (exact) mass is 773 g/mol. The molecule has 0 spiro atoms. The maximum absolute atomic E-state index is 13.8. The second kappa shape index (κ2) is 22.4. The van der Waals surface area contributed by atoms with E-state index in [1.165, 1.54) is 7.11 Å². The Hall–Kier alpha value is -4.33. The van der Waals surface area contributed by atoms with E-state index in [1.807, 2.05) is 74.5 Å². The van der Waals surface area contributed by atoms with Gasteiger partial charge in [0.1, 0.15) is 18.2 Å². The van der Waals surface area contributed by atoms with Gasteiger partial charge < -0.3 is 37.9 Å². The molecule has 0 aromatic heterocycles. The molecule has 0 N–H and O–H groups in total. The highest BCUT2D eigenvalue weighted by Gasteiger charge is 2.56. The first-order chi connectivity index (χ1) is 27.4. The third-order valence-electron chi connectivity index (χ3n) is 10.2. The molecule has 0 amide bonds. The van der Waals surface area contributed by atoms with Crippen LogP contribution in [-0.4, -0.2) is 80.9 Å². The molecule has 13 heteroatoms. The molecule has 3 aromatic rings. The summed E-state index contributed by atoms with van der Waals surface area (Å²) in [4.78, 5) is 30.6.